The normalized spacial score (nSPS) is 26.2. The molecule has 17 heavy (non-hydrogen) atoms. The highest BCUT2D eigenvalue weighted by Crippen LogP contribution is 2.31. The topological polar surface area (TPSA) is 49.8 Å². The van der Waals surface area contributed by atoms with Crippen molar-refractivity contribution in [2.45, 2.75) is 57.1 Å². The van der Waals surface area contributed by atoms with Crippen molar-refractivity contribution in [1.82, 2.24) is 4.90 Å². The molecule has 2 rings (SSSR count). The van der Waals surface area contributed by atoms with Crippen LogP contribution in [0.4, 0.5) is 0 Å². The van der Waals surface area contributed by atoms with Crippen molar-refractivity contribution in [2.75, 3.05) is 19.7 Å². The van der Waals surface area contributed by atoms with Crippen LogP contribution in [0.5, 0.6) is 0 Å². The quantitative estimate of drug-likeness (QED) is 0.764. The molecule has 1 saturated heterocycles. The van der Waals surface area contributed by atoms with E-state index < -0.39 is 5.97 Å². The van der Waals surface area contributed by atoms with Crippen molar-refractivity contribution >= 4 is 5.97 Å². The van der Waals surface area contributed by atoms with Gasteiger partial charge in [-0.2, -0.15) is 0 Å². The van der Waals surface area contributed by atoms with Crippen molar-refractivity contribution in [2.24, 2.45) is 0 Å². The molecule has 0 aromatic rings. The van der Waals surface area contributed by atoms with E-state index in [0.29, 0.717) is 6.04 Å². The third kappa shape index (κ3) is 3.42. The highest BCUT2D eigenvalue weighted by Gasteiger charge is 2.42. The second kappa shape index (κ2) is 5.36. The fourth-order valence-corrected chi connectivity index (χ4v) is 3.02. The lowest BCUT2D eigenvalue weighted by Crippen LogP contribution is -2.64. The van der Waals surface area contributed by atoms with Gasteiger partial charge in [-0.25, -0.2) is 4.79 Å². The minimum atomic E-state index is -0.876. The zero-order valence-corrected chi connectivity index (χ0v) is 10.7. The number of aliphatic carboxylic acids is 1. The van der Waals surface area contributed by atoms with E-state index in [1.807, 2.05) is 6.92 Å². The summed E-state index contributed by atoms with van der Waals surface area (Å²) in [4.78, 5) is 12.9. The van der Waals surface area contributed by atoms with Gasteiger partial charge in [0.05, 0.1) is 5.60 Å². The molecule has 0 unspecified atom stereocenters. The Morgan fingerprint density at radius 3 is 2.41 bits per heavy atom. The second-order valence-electron chi connectivity index (χ2n) is 5.68. The molecule has 0 atom stereocenters. The van der Waals surface area contributed by atoms with Crippen LogP contribution in [-0.2, 0) is 9.53 Å². The Bertz CT molecular complexity index is 266. The Kier molecular flexibility index (Phi) is 4.05. The molecule has 98 valence electrons. The lowest BCUT2D eigenvalue weighted by molar-refractivity contribution is -0.170. The maximum Gasteiger partial charge on any atom is 0.329 e. The van der Waals surface area contributed by atoms with Crippen LogP contribution in [0.1, 0.15) is 45.4 Å². The first kappa shape index (κ1) is 12.8. The van der Waals surface area contributed by atoms with Crippen LogP contribution in [0.3, 0.4) is 0 Å². The predicted molar refractivity (Wildman–Crippen MR) is 65.1 cm³/mol. The van der Waals surface area contributed by atoms with Crippen molar-refractivity contribution in [3.05, 3.63) is 0 Å². The molecule has 0 amide bonds. The van der Waals surface area contributed by atoms with Gasteiger partial charge < -0.3 is 9.84 Å². The van der Waals surface area contributed by atoms with E-state index >= 15 is 0 Å². The maximum atomic E-state index is 10.5. The first-order valence-electron chi connectivity index (χ1n) is 6.69. The lowest BCUT2D eigenvalue weighted by atomic mass is 9.91. The number of carboxylic acids is 1. The summed E-state index contributed by atoms with van der Waals surface area (Å²) in [5.74, 6) is -0.876. The lowest BCUT2D eigenvalue weighted by Gasteiger charge is -2.51. The van der Waals surface area contributed by atoms with Gasteiger partial charge in [-0.1, -0.05) is 25.7 Å². The number of carboxylic acid groups (broad SMARTS) is 1. The Balaban J connectivity index is 1.74. The molecular formula is C13H23NO3. The third-order valence-corrected chi connectivity index (χ3v) is 3.96. The van der Waals surface area contributed by atoms with Crippen LogP contribution < -0.4 is 0 Å². The molecule has 2 fully saturated rings. The van der Waals surface area contributed by atoms with Crippen molar-refractivity contribution in [3.8, 4) is 0 Å². The highest BCUT2D eigenvalue weighted by molar-refractivity contribution is 5.68. The number of rotatable bonds is 4. The molecule has 1 saturated carbocycles. The van der Waals surface area contributed by atoms with Gasteiger partial charge in [0.1, 0.15) is 6.61 Å². The summed E-state index contributed by atoms with van der Waals surface area (Å²) in [7, 11) is 0. The van der Waals surface area contributed by atoms with Gasteiger partial charge >= 0.3 is 5.97 Å². The zero-order chi connectivity index (χ0) is 12.3. The summed E-state index contributed by atoms with van der Waals surface area (Å²) >= 11 is 0. The molecule has 0 aromatic heterocycles. The molecule has 1 aliphatic carbocycles. The maximum absolute atomic E-state index is 10.5. The van der Waals surface area contributed by atoms with Gasteiger partial charge in [0.25, 0.3) is 0 Å². The number of hydrogen-bond donors (Lipinski definition) is 1. The van der Waals surface area contributed by atoms with Gasteiger partial charge in [0, 0.05) is 19.1 Å². The molecule has 4 nitrogen and oxygen atoms in total. The molecule has 2 aliphatic rings. The van der Waals surface area contributed by atoms with Gasteiger partial charge in [-0.05, 0) is 19.8 Å². The Morgan fingerprint density at radius 2 is 1.88 bits per heavy atom. The highest BCUT2D eigenvalue weighted by atomic mass is 16.5. The number of carbonyl (C=O) groups is 1. The molecule has 0 bridgehead atoms. The van der Waals surface area contributed by atoms with Crippen LogP contribution in [0.2, 0.25) is 0 Å². The number of nitrogens with zero attached hydrogens (tertiary/aromatic N) is 1. The Hall–Kier alpha value is -0.610. The van der Waals surface area contributed by atoms with E-state index in [4.69, 9.17) is 9.84 Å². The van der Waals surface area contributed by atoms with E-state index in [1.54, 1.807) is 0 Å². The summed E-state index contributed by atoms with van der Waals surface area (Å²) in [6.45, 7) is 3.63. The SMILES string of the molecule is CC1(OCC(=O)O)CN(C2CCCCCC2)C1. The molecule has 0 radical (unpaired) electrons. The average Bonchev–Trinajstić information content (AvgIpc) is 2.50. The minimum Gasteiger partial charge on any atom is -0.480 e. The van der Waals surface area contributed by atoms with Crippen molar-refractivity contribution in [1.29, 1.82) is 0 Å². The van der Waals surface area contributed by atoms with Crippen molar-refractivity contribution < 1.29 is 14.6 Å². The number of likely N-dealkylation sites (tertiary alicyclic amines) is 1. The van der Waals surface area contributed by atoms with E-state index in [9.17, 15) is 4.79 Å². The fraction of sp³-hybridized carbons (Fsp3) is 0.923. The molecule has 1 aliphatic heterocycles. The van der Waals surface area contributed by atoms with Crippen LogP contribution in [0.25, 0.3) is 0 Å². The minimum absolute atomic E-state index is 0.172. The fourth-order valence-electron chi connectivity index (χ4n) is 3.02. The zero-order valence-electron chi connectivity index (χ0n) is 10.7. The number of hydrogen-bond acceptors (Lipinski definition) is 3. The van der Waals surface area contributed by atoms with Crippen LogP contribution in [0, 0.1) is 0 Å². The van der Waals surface area contributed by atoms with Gasteiger partial charge in [-0.3, -0.25) is 4.90 Å². The molecular weight excluding hydrogens is 218 g/mol. The predicted octanol–water partition coefficient (Wildman–Crippen LogP) is 1.88. The second-order valence-corrected chi connectivity index (χ2v) is 5.68. The summed E-state index contributed by atoms with van der Waals surface area (Å²) in [6.07, 6.45) is 8.03. The van der Waals surface area contributed by atoms with Crippen molar-refractivity contribution in [3.63, 3.8) is 0 Å². The molecule has 0 spiro atoms. The van der Waals surface area contributed by atoms with E-state index in [1.165, 1.54) is 38.5 Å². The summed E-state index contributed by atoms with van der Waals surface area (Å²) < 4.78 is 5.44. The standard InChI is InChI=1S/C13H23NO3/c1-13(17-8-12(15)16)9-14(10-13)11-6-4-2-3-5-7-11/h11H,2-10H2,1H3,(H,15,16). The molecule has 0 aromatic carbocycles. The first-order chi connectivity index (χ1) is 8.09. The largest absolute Gasteiger partial charge is 0.480 e. The summed E-state index contributed by atoms with van der Waals surface area (Å²) in [5.41, 5.74) is -0.231. The van der Waals surface area contributed by atoms with Crippen LogP contribution in [0.15, 0.2) is 0 Å². The van der Waals surface area contributed by atoms with E-state index in [-0.39, 0.29) is 12.2 Å². The molecule has 4 heteroatoms. The summed E-state index contributed by atoms with van der Waals surface area (Å²) in [6, 6.07) is 0.707. The van der Waals surface area contributed by atoms with Crippen LogP contribution in [-0.4, -0.2) is 47.3 Å². The first-order valence-corrected chi connectivity index (χ1v) is 6.69. The van der Waals surface area contributed by atoms with Gasteiger partial charge in [-0.15, -0.1) is 0 Å². The summed E-state index contributed by atoms with van der Waals surface area (Å²) in [5, 5.41) is 8.61. The van der Waals surface area contributed by atoms with Gasteiger partial charge in [0.15, 0.2) is 0 Å². The third-order valence-electron chi connectivity index (χ3n) is 3.96. The van der Waals surface area contributed by atoms with E-state index in [2.05, 4.69) is 4.90 Å². The average molecular weight is 241 g/mol. The van der Waals surface area contributed by atoms with E-state index in [0.717, 1.165) is 13.1 Å². The molecule has 1 heterocycles. The van der Waals surface area contributed by atoms with Gasteiger partial charge in [0.2, 0.25) is 0 Å². The Morgan fingerprint density at radius 1 is 1.29 bits per heavy atom. The van der Waals surface area contributed by atoms with Crippen LogP contribution >= 0.6 is 0 Å². The molecule has 1 N–H and O–H groups in total. The smallest absolute Gasteiger partial charge is 0.329 e. The number of ether oxygens (including phenoxy) is 1. The Labute approximate surface area is 103 Å². The monoisotopic (exact) mass is 241 g/mol.